The van der Waals surface area contributed by atoms with Gasteiger partial charge in [0.15, 0.2) is 0 Å². The molecule has 3 aliphatic rings. The third-order valence-electron chi connectivity index (χ3n) is 4.36. The highest BCUT2D eigenvalue weighted by Gasteiger charge is 2.31. The van der Waals surface area contributed by atoms with Crippen molar-refractivity contribution in [3.05, 3.63) is 0 Å². The van der Waals surface area contributed by atoms with Crippen molar-refractivity contribution in [1.29, 1.82) is 0 Å². The van der Waals surface area contributed by atoms with Gasteiger partial charge in [0.25, 0.3) is 0 Å². The van der Waals surface area contributed by atoms with E-state index in [0.717, 1.165) is 12.1 Å². The molecule has 2 saturated heterocycles. The fourth-order valence-corrected chi connectivity index (χ4v) is 3.14. The van der Waals surface area contributed by atoms with Gasteiger partial charge in [-0.15, -0.1) is 0 Å². The van der Waals surface area contributed by atoms with Gasteiger partial charge in [-0.25, -0.2) is 0 Å². The van der Waals surface area contributed by atoms with Gasteiger partial charge in [0.1, 0.15) is 0 Å². The Hall–Kier alpha value is -0.120. The molecule has 0 aromatic heterocycles. The summed E-state index contributed by atoms with van der Waals surface area (Å²) in [6.07, 6.45) is 7.13. The molecule has 0 amide bonds. The Kier molecular flexibility index (Phi) is 3.46. The van der Waals surface area contributed by atoms with Crippen molar-refractivity contribution in [1.82, 2.24) is 15.1 Å². The molecule has 0 radical (unpaired) electrons. The van der Waals surface area contributed by atoms with E-state index in [-0.39, 0.29) is 0 Å². The van der Waals surface area contributed by atoms with E-state index in [0.29, 0.717) is 0 Å². The number of nitrogens with one attached hydrogen (secondary N) is 1. The maximum absolute atomic E-state index is 3.66. The number of nitrogens with zero attached hydrogens (tertiary/aromatic N) is 2. The second kappa shape index (κ2) is 5.03. The lowest BCUT2D eigenvalue weighted by Crippen LogP contribution is -2.51. The Morgan fingerprint density at radius 1 is 0.938 bits per heavy atom. The van der Waals surface area contributed by atoms with Crippen LogP contribution in [-0.4, -0.2) is 61.2 Å². The van der Waals surface area contributed by atoms with Crippen LogP contribution in [0.4, 0.5) is 0 Å². The van der Waals surface area contributed by atoms with Crippen molar-refractivity contribution in [3.63, 3.8) is 0 Å². The molecule has 16 heavy (non-hydrogen) atoms. The van der Waals surface area contributed by atoms with Gasteiger partial charge in [0.05, 0.1) is 0 Å². The third kappa shape index (κ3) is 2.76. The largest absolute Gasteiger partial charge is 0.313 e. The number of rotatable bonds is 3. The molecule has 1 aliphatic carbocycles. The van der Waals surface area contributed by atoms with E-state index in [4.69, 9.17) is 0 Å². The number of piperazine rings is 1. The molecule has 0 spiro atoms. The average Bonchev–Trinajstić information content (AvgIpc) is 3.15. The van der Waals surface area contributed by atoms with Gasteiger partial charge in [-0.3, -0.25) is 9.80 Å². The third-order valence-corrected chi connectivity index (χ3v) is 4.36. The highest BCUT2D eigenvalue weighted by molar-refractivity contribution is 4.88. The fourth-order valence-electron chi connectivity index (χ4n) is 3.14. The molecule has 3 heteroatoms. The van der Waals surface area contributed by atoms with Crippen LogP contribution in [0.1, 0.15) is 32.1 Å². The van der Waals surface area contributed by atoms with Crippen molar-refractivity contribution in [2.24, 2.45) is 0 Å². The Balaban J connectivity index is 1.39. The van der Waals surface area contributed by atoms with Crippen LogP contribution in [0.2, 0.25) is 0 Å². The van der Waals surface area contributed by atoms with Crippen molar-refractivity contribution in [2.45, 2.75) is 44.2 Å². The zero-order valence-corrected chi connectivity index (χ0v) is 10.3. The first-order chi connectivity index (χ1) is 7.92. The van der Waals surface area contributed by atoms with Gasteiger partial charge in [-0.2, -0.15) is 0 Å². The minimum atomic E-state index is 0.779. The Bertz CT molecular complexity index is 213. The normalized spacial score (nSPS) is 34.1. The van der Waals surface area contributed by atoms with Crippen LogP contribution in [0, 0.1) is 0 Å². The minimum Gasteiger partial charge on any atom is -0.313 e. The predicted octanol–water partition coefficient (Wildman–Crippen LogP) is 0.909. The zero-order valence-electron chi connectivity index (χ0n) is 10.3. The van der Waals surface area contributed by atoms with Crippen LogP contribution < -0.4 is 5.32 Å². The van der Waals surface area contributed by atoms with E-state index in [1.165, 1.54) is 71.4 Å². The lowest BCUT2D eigenvalue weighted by molar-refractivity contribution is 0.114. The van der Waals surface area contributed by atoms with Crippen LogP contribution in [-0.2, 0) is 0 Å². The maximum atomic E-state index is 3.66. The molecule has 3 rings (SSSR count). The first-order valence-electron chi connectivity index (χ1n) is 7.11. The van der Waals surface area contributed by atoms with Gasteiger partial charge in [-0.05, 0) is 32.2 Å². The van der Waals surface area contributed by atoms with E-state index in [9.17, 15) is 0 Å². The van der Waals surface area contributed by atoms with E-state index in [1.54, 1.807) is 0 Å². The summed E-state index contributed by atoms with van der Waals surface area (Å²) in [5, 5.41) is 3.66. The quantitative estimate of drug-likeness (QED) is 0.767. The monoisotopic (exact) mass is 223 g/mol. The summed E-state index contributed by atoms with van der Waals surface area (Å²) in [6.45, 7) is 7.77. The standard InChI is InChI=1S/C13H25N3/c1-2-6-14-12(3-1)11-15-7-9-16(10-8-15)13-4-5-13/h12-14H,1-11H2. The molecular weight excluding hydrogens is 198 g/mol. The van der Waals surface area contributed by atoms with E-state index < -0.39 is 0 Å². The number of hydrogen-bond donors (Lipinski definition) is 1. The second-order valence-electron chi connectivity index (χ2n) is 5.71. The molecule has 92 valence electrons. The molecule has 0 aromatic carbocycles. The molecule has 2 aliphatic heterocycles. The van der Waals surface area contributed by atoms with Crippen molar-refractivity contribution < 1.29 is 0 Å². The van der Waals surface area contributed by atoms with Gasteiger partial charge in [0, 0.05) is 44.8 Å². The van der Waals surface area contributed by atoms with Crippen molar-refractivity contribution >= 4 is 0 Å². The summed E-state index contributed by atoms with van der Waals surface area (Å²) < 4.78 is 0. The molecule has 3 nitrogen and oxygen atoms in total. The topological polar surface area (TPSA) is 18.5 Å². The highest BCUT2D eigenvalue weighted by atomic mass is 15.3. The molecule has 1 unspecified atom stereocenters. The van der Waals surface area contributed by atoms with Gasteiger partial charge >= 0.3 is 0 Å². The summed E-state index contributed by atoms with van der Waals surface area (Å²) in [4.78, 5) is 5.37. The summed E-state index contributed by atoms with van der Waals surface area (Å²) in [5.41, 5.74) is 0. The predicted molar refractivity (Wildman–Crippen MR) is 66.7 cm³/mol. The molecule has 0 aromatic rings. The lowest BCUT2D eigenvalue weighted by Gasteiger charge is -2.37. The number of piperidine rings is 1. The summed E-state index contributed by atoms with van der Waals surface area (Å²) in [7, 11) is 0. The zero-order chi connectivity index (χ0) is 10.8. The first-order valence-corrected chi connectivity index (χ1v) is 7.11. The second-order valence-corrected chi connectivity index (χ2v) is 5.71. The Morgan fingerprint density at radius 3 is 2.38 bits per heavy atom. The van der Waals surface area contributed by atoms with Crippen molar-refractivity contribution in [3.8, 4) is 0 Å². The number of hydrogen-bond acceptors (Lipinski definition) is 3. The van der Waals surface area contributed by atoms with Gasteiger partial charge < -0.3 is 5.32 Å². The van der Waals surface area contributed by atoms with Gasteiger partial charge in [-0.1, -0.05) is 6.42 Å². The van der Waals surface area contributed by atoms with Crippen LogP contribution >= 0.6 is 0 Å². The molecule has 1 saturated carbocycles. The van der Waals surface area contributed by atoms with Crippen LogP contribution in [0.5, 0.6) is 0 Å². The van der Waals surface area contributed by atoms with E-state index >= 15 is 0 Å². The lowest BCUT2D eigenvalue weighted by atomic mass is 10.0. The summed E-state index contributed by atoms with van der Waals surface area (Å²) in [5.74, 6) is 0. The summed E-state index contributed by atoms with van der Waals surface area (Å²) in [6, 6.07) is 1.75. The SMILES string of the molecule is C1CCC(CN2CCN(C3CC3)CC2)NC1. The molecule has 3 fully saturated rings. The smallest absolute Gasteiger partial charge is 0.0195 e. The minimum absolute atomic E-state index is 0.779. The Labute approximate surface area is 99.2 Å². The Morgan fingerprint density at radius 2 is 1.75 bits per heavy atom. The molecule has 1 N–H and O–H groups in total. The van der Waals surface area contributed by atoms with Crippen LogP contribution in [0.15, 0.2) is 0 Å². The molecule has 1 atom stereocenters. The van der Waals surface area contributed by atoms with E-state index in [1.807, 2.05) is 0 Å². The van der Waals surface area contributed by atoms with Crippen LogP contribution in [0.3, 0.4) is 0 Å². The molecular formula is C13H25N3. The van der Waals surface area contributed by atoms with E-state index in [2.05, 4.69) is 15.1 Å². The molecule has 2 heterocycles. The summed E-state index contributed by atoms with van der Waals surface area (Å²) >= 11 is 0. The average molecular weight is 223 g/mol. The molecule has 0 bridgehead atoms. The highest BCUT2D eigenvalue weighted by Crippen LogP contribution is 2.27. The van der Waals surface area contributed by atoms with Crippen LogP contribution in [0.25, 0.3) is 0 Å². The van der Waals surface area contributed by atoms with Gasteiger partial charge in [0.2, 0.25) is 0 Å². The first kappa shape index (κ1) is 11.0. The fraction of sp³-hybridized carbons (Fsp3) is 1.00. The van der Waals surface area contributed by atoms with Crippen molar-refractivity contribution in [2.75, 3.05) is 39.3 Å². The maximum Gasteiger partial charge on any atom is 0.0195 e.